The van der Waals surface area contributed by atoms with Gasteiger partial charge in [-0.3, -0.25) is 4.90 Å². The molecule has 1 saturated heterocycles. The van der Waals surface area contributed by atoms with Crippen LogP contribution in [0.5, 0.6) is 0 Å². The second-order valence-electron chi connectivity index (χ2n) is 5.71. The molecule has 1 atom stereocenters. The third-order valence-corrected chi connectivity index (χ3v) is 3.97. The second kappa shape index (κ2) is 5.17. The van der Waals surface area contributed by atoms with E-state index in [0.717, 1.165) is 23.5 Å². The Kier molecular flexibility index (Phi) is 3.38. The molecule has 0 radical (unpaired) electrons. The van der Waals surface area contributed by atoms with E-state index in [9.17, 15) is 0 Å². The Labute approximate surface area is 114 Å². The number of nitrogens with zero attached hydrogens (tertiary/aromatic N) is 2. The van der Waals surface area contributed by atoms with Gasteiger partial charge in [0.1, 0.15) is 5.82 Å². The Hall–Kier alpha value is -1.61. The number of anilines is 1. The van der Waals surface area contributed by atoms with Gasteiger partial charge in [0.05, 0.1) is 5.52 Å². The topological polar surface area (TPSA) is 42.2 Å². The van der Waals surface area contributed by atoms with Crippen molar-refractivity contribution >= 4 is 16.7 Å². The molecule has 1 aliphatic rings. The third-order valence-electron chi connectivity index (χ3n) is 3.97. The van der Waals surface area contributed by atoms with Gasteiger partial charge in [0, 0.05) is 24.0 Å². The van der Waals surface area contributed by atoms with Crippen LogP contribution in [0, 0.1) is 5.92 Å². The maximum absolute atomic E-state index is 6.10. The number of para-hydroxylation sites is 1. The highest BCUT2D eigenvalue weighted by Crippen LogP contribution is 2.22. The maximum atomic E-state index is 6.10. The molecule has 1 aromatic carbocycles. The molecule has 1 aromatic heterocycles. The highest BCUT2D eigenvalue weighted by Gasteiger charge is 2.17. The van der Waals surface area contributed by atoms with E-state index in [2.05, 4.69) is 28.9 Å². The molecule has 2 aromatic rings. The molecule has 0 saturated carbocycles. The average molecular weight is 255 g/mol. The monoisotopic (exact) mass is 255 g/mol. The summed E-state index contributed by atoms with van der Waals surface area (Å²) in [7, 11) is 0. The second-order valence-corrected chi connectivity index (χ2v) is 5.71. The molecule has 0 aliphatic carbocycles. The zero-order valence-corrected chi connectivity index (χ0v) is 11.5. The Morgan fingerprint density at radius 3 is 3.05 bits per heavy atom. The van der Waals surface area contributed by atoms with Gasteiger partial charge >= 0.3 is 0 Å². The van der Waals surface area contributed by atoms with Crippen LogP contribution in [0.2, 0.25) is 0 Å². The first-order valence-corrected chi connectivity index (χ1v) is 7.09. The molecule has 0 amide bonds. The molecule has 2 N–H and O–H groups in total. The van der Waals surface area contributed by atoms with E-state index < -0.39 is 0 Å². The van der Waals surface area contributed by atoms with Crippen molar-refractivity contribution in [3.63, 3.8) is 0 Å². The highest BCUT2D eigenvalue weighted by atomic mass is 15.1. The molecular formula is C16H21N3. The van der Waals surface area contributed by atoms with Gasteiger partial charge in [0.25, 0.3) is 0 Å². The summed E-state index contributed by atoms with van der Waals surface area (Å²) in [5.74, 6) is 1.47. The summed E-state index contributed by atoms with van der Waals surface area (Å²) in [6, 6.07) is 10.4. The molecule has 100 valence electrons. The van der Waals surface area contributed by atoms with Crippen LogP contribution in [0.15, 0.2) is 30.3 Å². The number of nitrogen functional groups attached to an aromatic ring is 1. The lowest BCUT2D eigenvalue weighted by molar-refractivity contribution is 0.177. The van der Waals surface area contributed by atoms with Gasteiger partial charge in [-0.15, -0.1) is 0 Å². The number of pyridine rings is 1. The minimum Gasteiger partial charge on any atom is -0.383 e. The summed E-state index contributed by atoms with van der Waals surface area (Å²) >= 11 is 0. The predicted octanol–water partition coefficient (Wildman–Crippen LogP) is 3.05. The van der Waals surface area contributed by atoms with Crippen molar-refractivity contribution < 1.29 is 0 Å². The van der Waals surface area contributed by atoms with Crippen LogP contribution < -0.4 is 5.73 Å². The molecule has 3 nitrogen and oxygen atoms in total. The number of fused-ring (bicyclic) bond motifs is 1. The standard InChI is InChI=1S/C16H21N3/c1-12-5-4-8-19(10-12)11-14-9-13-6-2-3-7-15(13)18-16(14)17/h2-3,6-7,9,12H,4-5,8,10-11H2,1H3,(H2,17,18). The Morgan fingerprint density at radius 2 is 2.21 bits per heavy atom. The van der Waals surface area contributed by atoms with Gasteiger partial charge in [0.15, 0.2) is 0 Å². The molecule has 0 spiro atoms. The summed E-state index contributed by atoms with van der Waals surface area (Å²) < 4.78 is 0. The van der Waals surface area contributed by atoms with E-state index in [4.69, 9.17) is 5.73 Å². The number of piperidine rings is 1. The van der Waals surface area contributed by atoms with Crippen LogP contribution in [0.4, 0.5) is 5.82 Å². The van der Waals surface area contributed by atoms with Crippen molar-refractivity contribution in [2.45, 2.75) is 26.3 Å². The van der Waals surface area contributed by atoms with Gasteiger partial charge in [-0.2, -0.15) is 0 Å². The first kappa shape index (κ1) is 12.4. The molecule has 1 fully saturated rings. The first-order chi connectivity index (χ1) is 9.22. The minimum atomic E-state index is 0.678. The van der Waals surface area contributed by atoms with Crippen molar-refractivity contribution in [2.24, 2.45) is 5.92 Å². The average Bonchev–Trinajstić information content (AvgIpc) is 2.40. The minimum absolute atomic E-state index is 0.678. The van der Waals surface area contributed by atoms with Crippen molar-refractivity contribution in [1.29, 1.82) is 0 Å². The Bertz CT molecular complexity index is 579. The van der Waals surface area contributed by atoms with Crippen LogP contribution in [0.25, 0.3) is 10.9 Å². The van der Waals surface area contributed by atoms with E-state index in [-0.39, 0.29) is 0 Å². The smallest absolute Gasteiger partial charge is 0.128 e. The highest BCUT2D eigenvalue weighted by molar-refractivity contribution is 5.81. The van der Waals surface area contributed by atoms with E-state index in [1.54, 1.807) is 0 Å². The zero-order valence-electron chi connectivity index (χ0n) is 11.5. The van der Waals surface area contributed by atoms with Gasteiger partial charge < -0.3 is 5.73 Å². The Morgan fingerprint density at radius 1 is 1.37 bits per heavy atom. The summed E-state index contributed by atoms with van der Waals surface area (Å²) in [4.78, 5) is 7.01. The number of hydrogen-bond acceptors (Lipinski definition) is 3. The molecule has 19 heavy (non-hydrogen) atoms. The third kappa shape index (κ3) is 2.71. The first-order valence-electron chi connectivity index (χ1n) is 7.09. The number of nitrogens with two attached hydrogens (primary N) is 1. The van der Waals surface area contributed by atoms with E-state index in [0.29, 0.717) is 5.82 Å². The fourth-order valence-electron chi connectivity index (χ4n) is 2.97. The van der Waals surface area contributed by atoms with E-state index in [1.165, 1.54) is 31.3 Å². The molecule has 0 bridgehead atoms. The van der Waals surface area contributed by atoms with Crippen LogP contribution in [0.1, 0.15) is 25.3 Å². The summed E-state index contributed by atoms with van der Waals surface area (Å²) in [6.45, 7) is 5.60. The fourth-order valence-corrected chi connectivity index (χ4v) is 2.97. The fraction of sp³-hybridized carbons (Fsp3) is 0.438. The number of benzene rings is 1. The molecular weight excluding hydrogens is 234 g/mol. The summed E-state index contributed by atoms with van der Waals surface area (Å²) in [6.07, 6.45) is 2.64. The number of aromatic nitrogens is 1. The quantitative estimate of drug-likeness (QED) is 0.896. The largest absolute Gasteiger partial charge is 0.383 e. The molecule has 3 rings (SSSR count). The van der Waals surface area contributed by atoms with Crippen molar-refractivity contribution in [3.05, 3.63) is 35.9 Å². The van der Waals surface area contributed by atoms with Crippen LogP contribution in [-0.4, -0.2) is 23.0 Å². The molecule has 2 heterocycles. The van der Waals surface area contributed by atoms with Gasteiger partial charge in [0.2, 0.25) is 0 Å². The summed E-state index contributed by atoms with van der Waals surface area (Å²) in [5.41, 5.74) is 8.24. The Balaban J connectivity index is 1.85. The zero-order chi connectivity index (χ0) is 13.2. The lowest BCUT2D eigenvalue weighted by Gasteiger charge is -2.31. The van der Waals surface area contributed by atoms with Crippen molar-refractivity contribution in [3.8, 4) is 0 Å². The molecule has 1 aliphatic heterocycles. The number of likely N-dealkylation sites (tertiary alicyclic amines) is 1. The lowest BCUT2D eigenvalue weighted by atomic mass is 10.00. The number of rotatable bonds is 2. The van der Waals surface area contributed by atoms with E-state index in [1.807, 2.05) is 18.2 Å². The molecule has 1 unspecified atom stereocenters. The SMILES string of the molecule is CC1CCCN(Cc2cc3ccccc3nc2N)C1. The number of hydrogen-bond donors (Lipinski definition) is 1. The van der Waals surface area contributed by atoms with Gasteiger partial charge in [-0.1, -0.05) is 25.1 Å². The van der Waals surface area contributed by atoms with Crippen LogP contribution >= 0.6 is 0 Å². The van der Waals surface area contributed by atoms with Crippen molar-refractivity contribution in [2.75, 3.05) is 18.8 Å². The van der Waals surface area contributed by atoms with Crippen LogP contribution in [-0.2, 0) is 6.54 Å². The van der Waals surface area contributed by atoms with E-state index >= 15 is 0 Å². The normalized spacial score (nSPS) is 20.8. The van der Waals surface area contributed by atoms with Gasteiger partial charge in [-0.25, -0.2) is 4.98 Å². The van der Waals surface area contributed by atoms with Gasteiger partial charge in [-0.05, 0) is 37.4 Å². The molecule has 3 heteroatoms. The summed E-state index contributed by atoms with van der Waals surface area (Å²) in [5, 5.41) is 1.18. The van der Waals surface area contributed by atoms with Crippen molar-refractivity contribution in [1.82, 2.24) is 9.88 Å². The lowest BCUT2D eigenvalue weighted by Crippen LogP contribution is -2.34. The van der Waals surface area contributed by atoms with Crippen LogP contribution in [0.3, 0.4) is 0 Å². The maximum Gasteiger partial charge on any atom is 0.128 e. The predicted molar refractivity (Wildman–Crippen MR) is 79.8 cm³/mol.